The van der Waals surface area contributed by atoms with E-state index < -0.39 is 29.7 Å². The molecule has 1 aliphatic heterocycles. The number of hydrogen-bond donors (Lipinski definition) is 1. The van der Waals surface area contributed by atoms with Gasteiger partial charge in [-0.15, -0.1) is 0 Å². The molecule has 2 aromatic carbocycles. The van der Waals surface area contributed by atoms with Crippen molar-refractivity contribution in [1.29, 1.82) is 0 Å². The lowest BCUT2D eigenvalue weighted by atomic mass is 10.1. The third kappa shape index (κ3) is 5.57. The quantitative estimate of drug-likeness (QED) is 0.459. The largest absolute Gasteiger partial charge is 0.497 e. The number of amides is 3. The maximum atomic E-state index is 13.2. The van der Waals surface area contributed by atoms with Crippen LogP contribution in [0.1, 0.15) is 18.9 Å². The van der Waals surface area contributed by atoms with E-state index in [1.165, 1.54) is 12.0 Å². The van der Waals surface area contributed by atoms with Crippen LogP contribution in [0.3, 0.4) is 0 Å². The number of carboxylic acids is 1. The Morgan fingerprint density at radius 3 is 2.27 bits per heavy atom. The summed E-state index contributed by atoms with van der Waals surface area (Å²) in [5.41, 5.74) is 1.06. The highest BCUT2D eigenvalue weighted by atomic mass is 16.5. The van der Waals surface area contributed by atoms with Gasteiger partial charge >= 0.3 is 5.97 Å². The number of aliphatic carboxylic acids is 1. The lowest BCUT2D eigenvalue weighted by molar-refractivity contribution is -0.135. The summed E-state index contributed by atoms with van der Waals surface area (Å²) in [6.07, 6.45) is 1.37. The van der Waals surface area contributed by atoms with E-state index >= 15 is 0 Å². The van der Waals surface area contributed by atoms with Gasteiger partial charge in [-0.25, -0.2) is 9.69 Å². The molecule has 0 aliphatic carbocycles. The predicted octanol–water partition coefficient (Wildman–Crippen LogP) is 2.40. The lowest BCUT2D eigenvalue weighted by Gasteiger charge is -2.27. The summed E-state index contributed by atoms with van der Waals surface area (Å²) in [5, 5.41) is 8.89. The van der Waals surface area contributed by atoms with Crippen LogP contribution in [0.4, 0.5) is 5.69 Å². The maximum Gasteiger partial charge on any atom is 0.328 e. The normalized spacial score (nSPS) is 15.7. The standard InChI is InChI=1S/C24H24N2O7/c1-3-33-19-10-6-17(7-11-19)26-22(28)14-20(24(26)31)25(21(27)12-13-23(29)30)15-16-4-8-18(32-2)9-5-16/h4-13,20H,3,14-15H2,1-2H3,(H,29,30)/b13-12+. The molecule has 0 spiro atoms. The van der Waals surface area contributed by atoms with Gasteiger partial charge in [0.1, 0.15) is 17.5 Å². The third-order valence-corrected chi connectivity index (χ3v) is 5.07. The van der Waals surface area contributed by atoms with Gasteiger partial charge in [-0.1, -0.05) is 12.1 Å². The molecule has 3 rings (SSSR count). The second-order valence-electron chi connectivity index (χ2n) is 7.20. The molecule has 33 heavy (non-hydrogen) atoms. The van der Waals surface area contributed by atoms with Gasteiger partial charge in [0.15, 0.2) is 0 Å². The van der Waals surface area contributed by atoms with Gasteiger partial charge in [-0.3, -0.25) is 14.4 Å². The van der Waals surface area contributed by atoms with Crippen LogP contribution in [0.2, 0.25) is 0 Å². The van der Waals surface area contributed by atoms with Crippen molar-refractivity contribution in [2.24, 2.45) is 0 Å². The molecule has 9 nitrogen and oxygen atoms in total. The van der Waals surface area contributed by atoms with Crippen molar-refractivity contribution < 1.29 is 33.8 Å². The number of rotatable bonds is 9. The second-order valence-corrected chi connectivity index (χ2v) is 7.20. The molecule has 1 aliphatic rings. The van der Waals surface area contributed by atoms with Crippen molar-refractivity contribution in [3.05, 3.63) is 66.2 Å². The highest BCUT2D eigenvalue weighted by molar-refractivity contribution is 6.23. The topological polar surface area (TPSA) is 113 Å². The van der Waals surface area contributed by atoms with Crippen LogP contribution in [0.15, 0.2) is 60.7 Å². The van der Waals surface area contributed by atoms with Crippen LogP contribution in [0, 0.1) is 0 Å². The molecular weight excluding hydrogens is 428 g/mol. The van der Waals surface area contributed by atoms with E-state index in [4.69, 9.17) is 14.6 Å². The number of benzene rings is 2. The summed E-state index contributed by atoms with van der Waals surface area (Å²) in [5.74, 6) is -1.77. The summed E-state index contributed by atoms with van der Waals surface area (Å²) < 4.78 is 10.5. The number of imide groups is 1. The van der Waals surface area contributed by atoms with Crippen LogP contribution in [-0.4, -0.2) is 53.5 Å². The number of ether oxygens (including phenoxy) is 2. The Balaban J connectivity index is 1.88. The van der Waals surface area contributed by atoms with Crippen LogP contribution < -0.4 is 14.4 Å². The minimum absolute atomic E-state index is 0.00753. The van der Waals surface area contributed by atoms with Gasteiger partial charge in [0.2, 0.25) is 11.8 Å². The summed E-state index contributed by atoms with van der Waals surface area (Å²) >= 11 is 0. The number of hydrogen-bond acceptors (Lipinski definition) is 6. The zero-order valence-corrected chi connectivity index (χ0v) is 18.3. The van der Waals surface area contributed by atoms with E-state index in [2.05, 4.69) is 0 Å². The Bertz CT molecular complexity index is 1060. The monoisotopic (exact) mass is 452 g/mol. The first-order valence-corrected chi connectivity index (χ1v) is 10.3. The third-order valence-electron chi connectivity index (χ3n) is 5.07. The highest BCUT2D eigenvalue weighted by Gasteiger charge is 2.44. The van der Waals surface area contributed by atoms with Crippen LogP contribution in [-0.2, 0) is 25.7 Å². The van der Waals surface area contributed by atoms with Crippen molar-refractivity contribution in [2.75, 3.05) is 18.6 Å². The van der Waals surface area contributed by atoms with Gasteiger partial charge in [0.25, 0.3) is 5.91 Å². The molecule has 9 heteroatoms. The van der Waals surface area contributed by atoms with Gasteiger partial charge in [0.05, 0.1) is 25.8 Å². The molecule has 3 amide bonds. The van der Waals surface area contributed by atoms with Crippen LogP contribution >= 0.6 is 0 Å². The molecule has 2 aromatic rings. The van der Waals surface area contributed by atoms with Gasteiger partial charge in [0, 0.05) is 18.7 Å². The fourth-order valence-corrected chi connectivity index (χ4v) is 3.50. The number of carboxylic acid groups (broad SMARTS) is 1. The maximum absolute atomic E-state index is 13.2. The average Bonchev–Trinajstić information content (AvgIpc) is 3.10. The summed E-state index contributed by atoms with van der Waals surface area (Å²) in [4.78, 5) is 51.9. The summed E-state index contributed by atoms with van der Waals surface area (Å²) in [7, 11) is 1.53. The van der Waals surface area contributed by atoms with E-state index in [0.717, 1.165) is 11.0 Å². The molecule has 0 aromatic heterocycles. The zero-order chi connectivity index (χ0) is 24.0. The van der Waals surface area contributed by atoms with Gasteiger partial charge < -0.3 is 19.5 Å². The van der Waals surface area contributed by atoms with Crippen molar-refractivity contribution in [3.63, 3.8) is 0 Å². The molecule has 1 saturated heterocycles. The van der Waals surface area contributed by atoms with Crippen LogP contribution in [0.25, 0.3) is 0 Å². The molecule has 0 bridgehead atoms. The summed E-state index contributed by atoms with van der Waals surface area (Å²) in [6.45, 7) is 2.34. The zero-order valence-electron chi connectivity index (χ0n) is 18.3. The van der Waals surface area contributed by atoms with E-state index in [1.54, 1.807) is 48.5 Å². The van der Waals surface area contributed by atoms with E-state index in [9.17, 15) is 19.2 Å². The van der Waals surface area contributed by atoms with Gasteiger partial charge in [-0.05, 0) is 48.9 Å². The average molecular weight is 452 g/mol. The van der Waals surface area contributed by atoms with Crippen molar-refractivity contribution >= 4 is 29.4 Å². The Hall–Kier alpha value is -4.14. The number of carbonyl (C=O) groups excluding carboxylic acids is 3. The van der Waals surface area contributed by atoms with E-state index in [1.807, 2.05) is 6.92 Å². The number of anilines is 1. The fraction of sp³-hybridized carbons (Fsp3) is 0.250. The fourth-order valence-electron chi connectivity index (χ4n) is 3.50. The minimum atomic E-state index is -1.29. The first-order chi connectivity index (χ1) is 15.8. The van der Waals surface area contributed by atoms with Crippen LogP contribution in [0.5, 0.6) is 11.5 Å². The Labute approximate surface area is 190 Å². The minimum Gasteiger partial charge on any atom is -0.497 e. The first-order valence-electron chi connectivity index (χ1n) is 10.3. The molecule has 172 valence electrons. The lowest BCUT2D eigenvalue weighted by Crippen LogP contribution is -2.44. The molecule has 0 saturated carbocycles. The first kappa shape index (κ1) is 23.5. The molecule has 0 radical (unpaired) electrons. The Morgan fingerprint density at radius 1 is 1.06 bits per heavy atom. The van der Waals surface area contributed by atoms with Crippen molar-refractivity contribution in [3.8, 4) is 11.5 Å². The van der Waals surface area contributed by atoms with Crippen molar-refractivity contribution in [1.82, 2.24) is 4.90 Å². The number of methoxy groups -OCH3 is 1. The van der Waals surface area contributed by atoms with E-state index in [-0.39, 0.29) is 13.0 Å². The second kappa shape index (κ2) is 10.4. The summed E-state index contributed by atoms with van der Waals surface area (Å²) in [6, 6.07) is 12.3. The molecule has 1 atom stereocenters. The highest BCUT2D eigenvalue weighted by Crippen LogP contribution is 2.28. The van der Waals surface area contributed by atoms with Crippen molar-refractivity contribution in [2.45, 2.75) is 25.9 Å². The SMILES string of the molecule is CCOc1ccc(N2C(=O)CC(N(Cc3ccc(OC)cc3)C(=O)/C=C/C(=O)O)C2=O)cc1. The molecule has 1 fully saturated rings. The predicted molar refractivity (Wildman–Crippen MR) is 119 cm³/mol. The number of carbonyl (C=O) groups is 4. The van der Waals surface area contributed by atoms with E-state index in [0.29, 0.717) is 35.4 Å². The van der Waals surface area contributed by atoms with Gasteiger partial charge in [-0.2, -0.15) is 0 Å². The molecular formula is C24H24N2O7. The number of nitrogens with zero attached hydrogens (tertiary/aromatic N) is 2. The Kier molecular flexibility index (Phi) is 7.45. The smallest absolute Gasteiger partial charge is 0.328 e. The molecule has 1 heterocycles. The molecule has 1 N–H and O–H groups in total. The Morgan fingerprint density at radius 2 is 1.70 bits per heavy atom. The molecule has 1 unspecified atom stereocenters.